The van der Waals surface area contributed by atoms with E-state index in [9.17, 15) is 10.2 Å². The van der Waals surface area contributed by atoms with Gasteiger partial charge in [0.05, 0.1) is 13.2 Å². The first-order chi connectivity index (χ1) is 16.3. The molecule has 0 spiro atoms. The van der Waals surface area contributed by atoms with Crippen molar-refractivity contribution in [2.24, 2.45) is 0 Å². The van der Waals surface area contributed by atoms with Crippen LogP contribution in [-0.2, 0) is 41.6 Å². The fraction of sp³-hybridized carbons (Fsp3) is 0.538. The van der Waals surface area contributed by atoms with E-state index in [2.05, 4.69) is 0 Å². The highest BCUT2D eigenvalue weighted by molar-refractivity contribution is 5.15. The molecular formula is C26H34O8. The lowest BCUT2D eigenvalue weighted by molar-refractivity contribution is -0.473. The Hall–Kier alpha value is -1.88. The summed E-state index contributed by atoms with van der Waals surface area (Å²) in [4.78, 5) is 0. The normalized spacial score (nSPS) is 37.8. The molecule has 1 aliphatic carbocycles. The van der Waals surface area contributed by atoms with Gasteiger partial charge in [0.15, 0.2) is 0 Å². The van der Waals surface area contributed by atoms with Crippen LogP contribution in [0.3, 0.4) is 0 Å². The van der Waals surface area contributed by atoms with Crippen LogP contribution in [0, 0.1) is 0 Å². The molecule has 8 atom stereocenters. The lowest BCUT2D eigenvalue weighted by Crippen LogP contribution is -2.75. The summed E-state index contributed by atoms with van der Waals surface area (Å²) >= 11 is 0. The van der Waals surface area contributed by atoms with Crippen LogP contribution in [0.4, 0.5) is 0 Å². The predicted molar refractivity (Wildman–Crippen MR) is 123 cm³/mol. The SMILES string of the molecule is CO[C@@]1(C)O[C@H]2[C@H](O[C@]1(C)OC)[C@@H](OCc1ccccc1)[C@@H](O)[C@@H](O)[C@@H]2OCc1ccccc1. The molecule has 8 heteroatoms. The van der Waals surface area contributed by atoms with Gasteiger partial charge >= 0.3 is 0 Å². The average molecular weight is 475 g/mol. The summed E-state index contributed by atoms with van der Waals surface area (Å²) in [6, 6.07) is 19.2. The lowest BCUT2D eigenvalue weighted by Gasteiger charge is -2.57. The first-order valence-electron chi connectivity index (χ1n) is 11.4. The second-order valence-corrected chi connectivity index (χ2v) is 8.97. The van der Waals surface area contributed by atoms with Gasteiger partial charge in [-0.2, -0.15) is 0 Å². The number of hydrogen-bond donors (Lipinski definition) is 2. The Kier molecular flexibility index (Phi) is 7.71. The molecule has 1 heterocycles. The van der Waals surface area contributed by atoms with Gasteiger partial charge < -0.3 is 38.6 Å². The van der Waals surface area contributed by atoms with Crippen LogP contribution in [0.15, 0.2) is 60.7 Å². The number of methoxy groups -OCH3 is 2. The van der Waals surface area contributed by atoms with Crippen molar-refractivity contribution in [1.82, 2.24) is 0 Å². The van der Waals surface area contributed by atoms with Crippen molar-refractivity contribution in [3.63, 3.8) is 0 Å². The molecule has 34 heavy (non-hydrogen) atoms. The second-order valence-electron chi connectivity index (χ2n) is 8.97. The standard InChI is InChI=1S/C26H34O8/c1-25(29-3)26(2,30-4)34-24-22(32-16-18-13-9-6-10-14-18)20(28)19(27)21(23(24)33-25)31-15-17-11-7-5-8-12-17/h5-14,19-24,27-28H,15-16H2,1-4H3/t19-,20+,21-,22-,23+,24+,25-,26-/m0/s1. The third-order valence-corrected chi connectivity index (χ3v) is 6.89. The van der Waals surface area contributed by atoms with Crippen LogP contribution >= 0.6 is 0 Å². The number of ether oxygens (including phenoxy) is 6. The number of hydrogen-bond acceptors (Lipinski definition) is 8. The van der Waals surface area contributed by atoms with Crippen LogP contribution in [0.2, 0.25) is 0 Å². The average Bonchev–Trinajstić information content (AvgIpc) is 2.87. The highest BCUT2D eigenvalue weighted by Gasteiger charge is 2.64. The van der Waals surface area contributed by atoms with Crippen LogP contribution in [-0.4, -0.2) is 72.6 Å². The van der Waals surface area contributed by atoms with E-state index in [4.69, 9.17) is 28.4 Å². The molecule has 2 N–H and O–H groups in total. The molecule has 2 aromatic carbocycles. The van der Waals surface area contributed by atoms with Gasteiger partial charge in [0.2, 0.25) is 11.6 Å². The number of aliphatic hydroxyl groups excluding tert-OH is 2. The maximum absolute atomic E-state index is 11.1. The summed E-state index contributed by atoms with van der Waals surface area (Å²) in [6.07, 6.45) is -5.93. The number of rotatable bonds is 8. The lowest BCUT2D eigenvalue weighted by atomic mass is 9.82. The maximum Gasteiger partial charge on any atom is 0.220 e. The quantitative estimate of drug-likeness (QED) is 0.602. The van der Waals surface area contributed by atoms with E-state index in [1.807, 2.05) is 60.7 Å². The smallest absolute Gasteiger partial charge is 0.220 e. The summed E-state index contributed by atoms with van der Waals surface area (Å²) in [6.45, 7) is 3.86. The Balaban J connectivity index is 1.61. The van der Waals surface area contributed by atoms with Crippen LogP contribution < -0.4 is 0 Å². The fourth-order valence-corrected chi connectivity index (χ4v) is 4.54. The minimum absolute atomic E-state index is 0.225. The minimum Gasteiger partial charge on any atom is -0.387 e. The van der Waals surface area contributed by atoms with E-state index in [-0.39, 0.29) is 13.2 Å². The van der Waals surface area contributed by atoms with Gasteiger partial charge in [-0.3, -0.25) is 0 Å². The predicted octanol–water partition coefficient (Wildman–Crippen LogP) is 2.40. The second kappa shape index (κ2) is 10.4. The van der Waals surface area contributed by atoms with Gasteiger partial charge in [-0.25, -0.2) is 0 Å². The summed E-state index contributed by atoms with van der Waals surface area (Å²) in [5, 5.41) is 22.2. The molecule has 0 bridgehead atoms. The Bertz CT molecular complexity index is 836. The van der Waals surface area contributed by atoms with E-state index in [1.54, 1.807) is 13.8 Å². The first-order valence-corrected chi connectivity index (χ1v) is 11.4. The van der Waals surface area contributed by atoms with Crippen molar-refractivity contribution in [3.05, 3.63) is 71.8 Å². The largest absolute Gasteiger partial charge is 0.387 e. The molecule has 4 rings (SSSR count). The Morgan fingerprint density at radius 2 is 1.03 bits per heavy atom. The Morgan fingerprint density at radius 1 is 0.676 bits per heavy atom. The molecule has 186 valence electrons. The third-order valence-electron chi connectivity index (χ3n) is 6.89. The van der Waals surface area contributed by atoms with Gasteiger partial charge in [-0.1, -0.05) is 60.7 Å². The summed E-state index contributed by atoms with van der Waals surface area (Å²) in [7, 11) is 3.00. The first kappa shape index (κ1) is 25.2. The van der Waals surface area contributed by atoms with Crippen molar-refractivity contribution in [3.8, 4) is 0 Å². The molecular weight excluding hydrogens is 440 g/mol. The highest BCUT2D eigenvalue weighted by atomic mass is 16.8. The van der Waals surface area contributed by atoms with E-state index in [1.165, 1.54) is 14.2 Å². The zero-order chi connectivity index (χ0) is 24.3. The van der Waals surface area contributed by atoms with Gasteiger partial charge in [-0.05, 0) is 25.0 Å². The van der Waals surface area contributed by atoms with E-state index < -0.39 is 48.2 Å². The monoisotopic (exact) mass is 474 g/mol. The van der Waals surface area contributed by atoms with Crippen molar-refractivity contribution in [2.75, 3.05) is 14.2 Å². The van der Waals surface area contributed by atoms with E-state index >= 15 is 0 Å². The molecule has 1 saturated heterocycles. The van der Waals surface area contributed by atoms with Crippen molar-refractivity contribution in [2.45, 2.75) is 75.3 Å². The molecule has 2 fully saturated rings. The molecule has 0 radical (unpaired) electrons. The molecule has 2 aromatic rings. The van der Waals surface area contributed by atoms with Crippen LogP contribution in [0.1, 0.15) is 25.0 Å². The number of fused-ring (bicyclic) bond motifs is 1. The maximum atomic E-state index is 11.1. The molecule has 0 aromatic heterocycles. The molecule has 1 aliphatic heterocycles. The minimum atomic E-state index is -1.30. The highest BCUT2D eigenvalue weighted by Crippen LogP contribution is 2.45. The molecule has 2 aliphatic rings. The number of benzene rings is 2. The topological polar surface area (TPSA) is 95.8 Å². The van der Waals surface area contributed by atoms with Crippen LogP contribution in [0.25, 0.3) is 0 Å². The third kappa shape index (κ3) is 4.78. The van der Waals surface area contributed by atoms with E-state index in [0.717, 1.165) is 11.1 Å². The van der Waals surface area contributed by atoms with Gasteiger partial charge in [0, 0.05) is 14.2 Å². The summed E-state index contributed by atoms with van der Waals surface area (Å²) in [5.41, 5.74) is 1.85. The van der Waals surface area contributed by atoms with Crippen molar-refractivity contribution >= 4 is 0 Å². The van der Waals surface area contributed by atoms with Crippen molar-refractivity contribution in [1.29, 1.82) is 0 Å². The van der Waals surface area contributed by atoms with Crippen LogP contribution in [0.5, 0.6) is 0 Å². The summed E-state index contributed by atoms with van der Waals surface area (Å²) < 4.78 is 36.3. The molecule has 1 saturated carbocycles. The van der Waals surface area contributed by atoms with Gasteiger partial charge in [-0.15, -0.1) is 0 Å². The van der Waals surface area contributed by atoms with Crippen molar-refractivity contribution < 1.29 is 38.6 Å². The van der Waals surface area contributed by atoms with E-state index in [0.29, 0.717) is 0 Å². The fourth-order valence-electron chi connectivity index (χ4n) is 4.54. The molecule has 0 amide bonds. The zero-order valence-electron chi connectivity index (χ0n) is 20.0. The number of aliphatic hydroxyl groups is 2. The van der Waals surface area contributed by atoms with Gasteiger partial charge in [0.1, 0.15) is 36.6 Å². The Labute approximate surface area is 200 Å². The van der Waals surface area contributed by atoms with Gasteiger partial charge in [0.25, 0.3) is 0 Å². The zero-order valence-corrected chi connectivity index (χ0v) is 20.0. The molecule has 0 unspecified atom stereocenters. The molecule has 8 nitrogen and oxygen atoms in total. The summed E-state index contributed by atoms with van der Waals surface area (Å²) in [5.74, 6) is -2.60. The Morgan fingerprint density at radius 3 is 1.35 bits per heavy atom.